The summed E-state index contributed by atoms with van der Waals surface area (Å²) in [5, 5.41) is 13.9. The Balaban J connectivity index is 1.74. The minimum atomic E-state index is -1.05. The molecule has 0 saturated heterocycles. The van der Waals surface area contributed by atoms with Gasteiger partial charge in [0, 0.05) is 10.9 Å². The molecule has 0 radical (unpaired) electrons. The standard InChI is InChI=1S/C17H15N3O3S/c1-2-23-15(22)17(6-7-17)14(21)20-16-19-13(10-24-16)12-5-3-4-11(8-12)9-18/h3-5,8,10H,2,6-7H2,1H3,(H,19,20,21). The van der Waals surface area contributed by atoms with Gasteiger partial charge in [0.25, 0.3) is 0 Å². The molecule has 0 unspecified atom stereocenters. The second-order valence-corrected chi connectivity index (χ2v) is 6.35. The van der Waals surface area contributed by atoms with Crippen molar-refractivity contribution < 1.29 is 14.3 Å². The predicted molar refractivity (Wildman–Crippen MR) is 89.2 cm³/mol. The summed E-state index contributed by atoms with van der Waals surface area (Å²) >= 11 is 1.28. The van der Waals surface area contributed by atoms with Gasteiger partial charge in [-0.25, -0.2) is 4.98 Å². The van der Waals surface area contributed by atoms with Crippen LogP contribution in [0.1, 0.15) is 25.3 Å². The van der Waals surface area contributed by atoms with E-state index in [9.17, 15) is 9.59 Å². The molecule has 6 nitrogen and oxygen atoms in total. The molecule has 3 rings (SSSR count). The molecule has 1 N–H and O–H groups in total. The molecule has 0 bridgehead atoms. The number of carbonyl (C=O) groups excluding carboxylic acids is 2. The van der Waals surface area contributed by atoms with E-state index in [4.69, 9.17) is 10.00 Å². The first kappa shape index (κ1) is 16.1. The molecule has 1 aromatic carbocycles. The largest absolute Gasteiger partial charge is 0.465 e. The van der Waals surface area contributed by atoms with E-state index in [1.54, 1.807) is 30.5 Å². The van der Waals surface area contributed by atoms with Crippen LogP contribution in [0.15, 0.2) is 29.6 Å². The van der Waals surface area contributed by atoms with Crippen LogP contribution in [0, 0.1) is 16.7 Å². The van der Waals surface area contributed by atoms with E-state index in [1.165, 1.54) is 11.3 Å². The van der Waals surface area contributed by atoms with Gasteiger partial charge in [0.15, 0.2) is 5.13 Å². The molecule has 0 atom stereocenters. The van der Waals surface area contributed by atoms with Crippen molar-refractivity contribution in [3.05, 3.63) is 35.2 Å². The van der Waals surface area contributed by atoms with Crippen molar-refractivity contribution in [3.63, 3.8) is 0 Å². The van der Waals surface area contributed by atoms with E-state index < -0.39 is 11.4 Å². The lowest BCUT2D eigenvalue weighted by atomic mass is 10.1. The minimum Gasteiger partial charge on any atom is -0.465 e. The lowest BCUT2D eigenvalue weighted by Crippen LogP contribution is -2.32. The average molecular weight is 341 g/mol. The van der Waals surface area contributed by atoms with Crippen LogP contribution in [0.3, 0.4) is 0 Å². The molecule has 24 heavy (non-hydrogen) atoms. The summed E-state index contributed by atoms with van der Waals surface area (Å²) in [6, 6.07) is 9.17. The van der Waals surface area contributed by atoms with E-state index in [2.05, 4.69) is 16.4 Å². The predicted octanol–water partition coefficient (Wildman–Crippen LogP) is 2.96. The van der Waals surface area contributed by atoms with E-state index in [-0.39, 0.29) is 12.5 Å². The highest BCUT2D eigenvalue weighted by atomic mass is 32.1. The Morgan fingerprint density at radius 2 is 2.25 bits per heavy atom. The molecule has 1 heterocycles. The van der Waals surface area contributed by atoms with Crippen LogP contribution >= 0.6 is 11.3 Å². The van der Waals surface area contributed by atoms with Gasteiger partial charge in [-0.1, -0.05) is 12.1 Å². The molecular weight excluding hydrogens is 326 g/mol. The number of nitriles is 1. The van der Waals surface area contributed by atoms with Gasteiger partial charge >= 0.3 is 5.97 Å². The van der Waals surface area contributed by atoms with Crippen LogP contribution in [0.2, 0.25) is 0 Å². The quantitative estimate of drug-likeness (QED) is 0.667. The Bertz CT molecular complexity index is 834. The van der Waals surface area contributed by atoms with Gasteiger partial charge in [0.05, 0.1) is 23.9 Å². The summed E-state index contributed by atoms with van der Waals surface area (Å²) in [7, 11) is 0. The Morgan fingerprint density at radius 1 is 1.46 bits per heavy atom. The highest BCUT2D eigenvalue weighted by molar-refractivity contribution is 7.14. The first-order valence-corrected chi connectivity index (χ1v) is 8.42. The number of rotatable bonds is 5. The highest BCUT2D eigenvalue weighted by Gasteiger charge is 2.58. The number of ether oxygens (including phenoxy) is 1. The van der Waals surface area contributed by atoms with Crippen molar-refractivity contribution >= 4 is 28.3 Å². The minimum absolute atomic E-state index is 0.254. The van der Waals surface area contributed by atoms with Gasteiger partial charge in [-0.2, -0.15) is 5.26 Å². The molecule has 7 heteroatoms. The summed E-state index contributed by atoms with van der Waals surface area (Å²) in [5.41, 5.74) is 0.971. The number of amides is 1. The Hall–Kier alpha value is -2.72. The van der Waals surface area contributed by atoms with Crippen molar-refractivity contribution in [2.24, 2.45) is 5.41 Å². The number of aromatic nitrogens is 1. The number of esters is 1. The van der Waals surface area contributed by atoms with Gasteiger partial charge in [0.1, 0.15) is 5.41 Å². The molecule has 1 aliphatic rings. The van der Waals surface area contributed by atoms with Crippen LogP contribution in [-0.4, -0.2) is 23.5 Å². The number of nitrogens with one attached hydrogen (secondary N) is 1. The van der Waals surface area contributed by atoms with Crippen molar-refractivity contribution in [3.8, 4) is 17.3 Å². The van der Waals surface area contributed by atoms with E-state index >= 15 is 0 Å². The van der Waals surface area contributed by atoms with E-state index in [0.29, 0.717) is 29.2 Å². The third-order valence-corrected chi connectivity index (χ3v) is 4.62. The fourth-order valence-electron chi connectivity index (χ4n) is 2.35. The molecule has 0 spiro atoms. The molecule has 2 aromatic rings. The number of benzene rings is 1. The fourth-order valence-corrected chi connectivity index (χ4v) is 3.06. The Morgan fingerprint density at radius 3 is 2.92 bits per heavy atom. The van der Waals surface area contributed by atoms with Gasteiger partial charge in [-0.3, -0.25) is 9.59 Å². The third kappa shape index (κ3) is 3.01. The number of hydrogen-bond donors (Lipinski definition) is 1. The lowest BCUT2D eigenvalue weighted by molar-refractivity contribution is -0.152. The first-order valence-electron chi connectivity index (χ1n) is 7.54. The van der Waals surface area contributed by atoms with Gasteiger partial charge in [-0.15, -0.1) is 11.3 Å². The molecule has 1 saturated carbocycles. The molecular formula is C17H15N3O3S. The summed E-state index contributed by atoms with van der Waals surface area (Å²) in [6.07, 6.45) is 1.00. The van der Waals surface area contributed by atoms with Crippen molar-refractivity contribution in [1.29, 1.82) is 5.26 Å². The molecule has 1 aliphatic carbocycles. The number of hydrogen-bond acceptors (Lipinski definition) is 6. The zero-order valence-corrected chi connectivity index (χ0v) is 13.9. The monoisotopic (exact) mass is 341 g/mol. The van der Waals surface area contributed by atoms with Crippen molar-refractivity contribution in [2.45, 2.75) is 19.8 Å². The fraction of sp³-hybridized carbons (Fsp3) is 0.294. The first-order chi connectivity index (χ1) is 11.6. The maximum atomic E-state index is 12.4. The van der Waals surface area contributed by atoms with Gasteiger partial charge in [0.2, 0.25) is 5.91 Å². The van der Waals surface area contributed by atoms with Crippen LogP contribution in [0.25, 0.3) is 11.3 Å². The number of thiazole rings is 1. The van der Waals surface area contributed by atoms with Crippen molar-refractivity contribution in [2.75, 3.05) is 11.9 Å². The average Bonchev–Trinajstić information content (AvgIpc) is 3.29. The van der Waals surface area contributed by atoms with E-state index in [0.717, 1.165) is 5.56 Å². The highest BCUT2D eigenvalue weighted by Crippen LogP contribution is 2.47. The van der Waals surface area contributed by atoms with Crippen molar-refractivity contribution in [1.82, 2.24) is 4.98 Å². The molecule has 1 amide bonds. The molecule has 1 aromatic heterocycles. The molecule has 0 aliphatic heterocycles. The zero-order chi connectivity index (χ0) is 17.2. The summed E-state index contributed by atoms with van der Waals surface area (Å²) < 4.78 is 4.98. The second-order valence-electron chi connectivity index (χ2n) is 5.49. The van der Waals surface area contributed by atoms with Crippen LogP contribution in [-0.2, 0) is 14.3 Å². The molecule has 1 fully saturated rings. The SMILES string of the molecule is CCOC(=O)C1(C(=O)Nc2nc(-c3cccc(C#N)c3)cs2)CC1. The zero-order valence-electron chi connectivity index (χ0n) is 13.0. The lowest BCUT2D eigenvalue weighted by Gasteiger charge is -2.12. The van der Waals surface area contributed by atoms with Gasteiger partial charge in [-0.05, 0) is 31.9 Å². The topological polar surface area (TPSA) is 92.1 Å². The number of carbonyl (C=O) groups is 2. The Labute approximate surface area is 143 Å². The van der Waals surface area contributed by atoms with Crippen LogP contribution < -0.4 is 5.32 Å². The third-order valence-electron chi connectivity index (χ3n) is 3.86. The number of nitrogens with zero attached hydrogens (tertiary/aromatic N) is 2. The van der Waals surface area contributed by atoms with Crippen LogP contribution in [0.4, 0.5) is 5.13 Å². The maximum absolute atomic E-state index is 12.4. The Kier molecular flexibility index (Phi) is 4.32. The molecule has 122 valence electrons. The summed E-state index contributed by atoms with van der Waals surface area (Å²) in [5.74, 6) is -0.839. The number of anilines is 1. The normalized spacial score (nSPS) is 14.5. The van der Waals surface area contributed by atoms with E-state index in [1.807, 2.05) is 6.07 Å². The smallest absolute Gasteiger partial charge is 0.321 e. The van der Waals surface area contributed by atoms with Crippen LogP contribution in [0.5, 0.6) is 0 Å². The summed E-state index contributed by atoms with van der Waals surface area (Å²) in [4.78, 5) is 28.7. The maximum Gasteiger partial charge on any atom is 0.321 e. The second kappa shape index (κ2) is 6.42. The van der Waals surface area contributed by atoms with Gasteiger partial charge < -0.3 is 10.1 Å². The summed E-state index contributed by atoms with van der Waals surface area (Å²) in [6.45, 7) is 1.97.